The number of fused-ring (bicyclic) bond motifs is 1. The van der Waals surface area contributed by atoms with Crippen LogP contribution >= 0.6 is 11.8 Å². The standard InChI is InChI=1S/C19H22N2O3S2/c1-14(2)20(3)26(23,24)16-10-8-15(9-11-16)19(22)21-12-13-25-18-7-5-4-6-17(18)21/h4-11,14H,12-13H2,1-3H3. The molecule has 3 rings (SSSR count). The van der Waals surface area contributed by atoms with Crippen molar-refractivity contribution in [2.75, 3.05) is 24.2 Å². The molecule has 0 fully saturated rings. The van der Waals surface area contributed by atoms with Gasteiger partial charge in [-0.3, -0.25) is 4.79 Å². The van der Waals surface area contributed by atoms with Crippen LogP contribution in [0.2, 0.25) is 0 Å². The van der Waals surface area contributed by atoms with Crippen LogP contribution in [0.1, 0.15) is 24.2 Å². The van der Waals surface area contributed by atoms with E-state index >= 15 is 0 Å². The van der Waals surface area contributed by atoms with Crippen molar-refractivity contribution in [2.24, 2.45) is 0 Å². The number of benzene rings is 2. The van der Waals surface area contributed by atoms with Gasteiger partial charge in [-0.15, -0.1) is 11.8 Å². The second-order valence-electron chi connectivity index (χ2n) is 6.41. The molecule has 0 bridgehead atoms. The molecule has 2 aromatic carbocycles. The number of para-hydroxylation sites is 1. The predicted octanol–water partition coefficient (Wildman–Crippen LogP) is 3.47. The van der Waals surface area contributed by atoms with Gasteiger partial charge in [0, 0.05) is 35.8 Å². The first kappa shape index (κ1) is 18.9. The van der Waals surface area contributed by atoms with Crippen molar-refractivity contribution in [3.8, 4) is 0 Å². The summed E-state index contributed by atoms with van der Waals surface area (Å²) in [6.45, 7) is 4.28. The molecule has 0 radical (unpaired) electrons. The van der Waals surface area contributed by atoms with E-state index in [0.29, 0.717) is 12.1 Å². The highest BCUT2D eigenvalue weighted by Gasteiger charge is 2.26. The van der Waals surface area contributed by atoms with E-state index in [1.54, 1.807) is 35.8 Å². The summed E-state index contributed by atoms with van der Waals surface area (Å²) < 4.78 is 26.4. The molecule has 2 aromatic rings. The number of carbonyl (C=O) groups excluding carboxylic acids is 1. The monoisotopic (exact) mass is 390 g/mol. The fraction of sp³-hybridized carbons (Fsp3) is 0.316. The molecule has 1 aliphatic heterocycles. The molecule has 1 amide bonds. The Balaban J connectivity index is 1.87. The Morgan fingerprint density at radius 2 is 1.77 bits per heavy atom. The maximum absolute atomic E-state index is 12.9. The summed E-state index contributed by atoms with van der Waals surface area (Å²) in [5, 5.41) is 0. The minimum absolute atomic E-state index is 0.112. The summed E-state index contributed by atoms with van der Waals surface area (Å²) in [7, 11) is -1.99. The van der Waals surface area contributed by atoms with Crippen LogP contribution < -0.4 is 4.90 Å². The number of thioether (sulfide) groups is 1. The summed E-state index contributed by atoms with van der Waals surface area (Å²) in [5.41, 5.74) is 1.39. The summed E-state index contributed by atoms with van der Waals surface area (Å²) >= 11 is 1.74. The third-order valence-electron chi connectivity index (χ3n) is 4.48. The van der Waals surface area contributed by atoms with Crippen LogP contribution in [0.25, 0.3) is 0 Å². The van der Waals surface area contributed by atoms with Crippen LogP contribution in [-0.4, -0.2) is 44.0 Å². The average Bonchev–Trinajstić information content (AvgIpc) is 2.66. The minimum atomic E-state index is -3.55. The van der Waals surface area contributed by atoms with E-state index in [9.17, 15) is 13.2 Å². The lowest BCUT2D eigenvalue weighted by Crippen LogP contribution is -2.35. The second-order valence-corrected chi connectivity index (χ2v) is 9.55. The molecule has 5 nitrogen and oxygen atoms in total. The Bertz CT molecular complexity index is 909. The van der Waals surface area contributed by atoms with E-state index in [2.05, 4.69) is 0 Å². The molecule has 0 saturated heterocycles. The Hall–Kier alpha value is -1.83. The molecule has 138 valence electrons. The highest BCUT2D eigenvalue weighted by atomic mass is 32.2. The smallest absolute Gasteiger partial charge is 0.258 e. The van der Waals surface area contributed by atoms with Crippen LogP contribution in [-0.2, 0) is 10.0 Å². The first-order valence-corrected chi connectivity index (χ1v) is 10.9. The zero-order valence-electron chi connectivity index (χ0n) is 15.0. The number of sulfonamides is 1. The van der Waals surface area contributed by atoms with Crippen LogP contribution in [0, 0.1) is 0 Å². The molecule has 0 aliphatic carbocycles. The largest absolute Gasteiger partial charge is 0.306 e. The van der Waals surface area contributed by atoms with Gasteiger partial charge in [0.25, 0.3) is 5.91 Å². The Labute approximate surface area is 159 Å². The molecular weight excluding hydrogens is 368 g/mol. The van der Waals surface area contributed by atoms with Gasteiger partial charge in [-0.2, -0.15) is 4.31 Å². The molecule has 0 N–H and O–H groups in total. The van der Waals surface area contributed by atoms with Gasteiger partial charge in [0.15, 0.2) is 0 Å². The number of carbonyl (C=O) groups is 1. The van der Waals surface area contributed by atoms with Crippen molar-refractivity contribution < 1.29 is 13.2 Å². The average molecular weight is 391 g/mol. The Morgan fingerprint density at radius 3 is 2.42 bits per heavy atom. The van der Waals surface area contributed by atoms with Crippen LogP contribution in [0.15, 0.2) is 58.3 Å². The Morgan fingerprint density at radius 1 is 1.12 bits per heavy atom. The predicted molar refractivity (Wildman–Crippen MR) is 105 cm³/mol. The molecule has 0 unspecified atom stereocenters. The SMILES string of the molecule is CC(C)N(C)S(=O)(=O)c1ccc(C(=O)N2CCSc3ccccc32)cc1. The lowest BCUT2D eigenvalue weighted by Gasteiger charge is -2.29. The second kappa shape index (κ2) is 7.42. The van der Waals surface area contributed by atoms with E-state index in [4.69, 9.17) is 0 Å². The molecule has 0 saturated carbocycles. The van der Waals surface area contributed by atoms with Crippen molar-refractivity contribution in [3.63, 3.8) is 0 Å². The number of nitrogens with zero attached hydrogens (tertiary/aromatic N) is 2. The first-order chi connectivity index (χ1) is 12.3. The van der Waals surface area contributed by atoms with E-state index in [1.165, 1.54) is 16.4 Å². The number of hydrogen-bond donors (Lipinski definition) is 0. The van der Waals surface area contributed by atoms with Crippen molar-refractivity contribution in [3.05, 3.63) is 54.1 Å². The maximum Gasteiger partial charge on any atom is 0.258 e. The van der Waals surface area contributed by atoms with Crippen molar-refractivity contribution in [1.82, 2.24) is 4.31 Å². The molecule has 26 heavy (non-hydrogen) atoms. The summed E-state index contributed by atoms with van der Waals surface area (Å²) in [4.78, 5) is 16.0. The van der Waals surface area contributed by atoms with Crippen molar-refractivity contribution >= 4 is 33.4 Å². The third kappa shape index (κ3) is 3.51. The minimum Gasteiger partial charge on any atom is -0.306 e. The lowest BCUT2D eigenvalue weighted by molar-refractivity contribution is 0.0987. The molecule has 1 aliphatic rings. The fourth-order valence-electron chi connectivity index (χ4n) is 2.75. The van der Waals surface area contributed by atoms with Gasteiger partial charge >= 0.3 is 0 Å². The van der Waals surface area contributed by atoms with Gasteiger partial charge in [0.2, 0.25) is 10.0 Å². The topological polar surface area (TPSA) is 57.7 Å². The summed E-state index contributed by atoms with van der Waals surface area (Å²) in [6, 6.07) is 13.9. The van der Waals surface area contributed by atoms with Gasteiger partial charge in [0.05, 0.1) is 10.6 Å². The normalized spacial score (nSPS) is 14.6. The molecule has 0 spiro atoms. The van der Waals surface area contributed by atoms with Gasteiger partial charge in [0.1, 0.15) is 0 Å². The Kier molecular flexibility index (Phi) is 5.41. The molecular formula is C19H22N2O3S2. The van der Waals surface area contributed by atoms with Crippen LogP contribution in [0.4, 0.5) is 5.69 Å². The van der Waals surface area contributed by atoms with E-state index < -0.39 is 10.0 Å². The number of rotatable bonds is 4. The number of amides is 1. The molecule has 0 atom stereocenters. The van der Waals surface area contributed by atoms with E-state index in [0.717, 1.165) is 16.3 Å². The number of anilines is 1. The first-order valence-electron chi connectivity index (χ1n) is 8.44. The molecule has 0 aromatic heterocycles. The molecule has 1 heterocycles. The zero-order chi connectivity index (χ0) is 18.9. The van der Waals surface area contributed by atoms with E-state index in [1.807, 2.05) is 38.1 Å². The van der Waals surface area contributed by atoms with Gasteiger partial charge in [-0.1, -0.05) is 12.1 Å². The maximum atomic E-state index is 12.9. The quantitative estimate of drug-likeness (QED) is 0.802. The third-order valence-corrected chi connectivity index (χ3v) is 7.57. The lowest BCUT2D eigenvalue weighted by atomic mass is 10.1. The number of hydrogen-bond acceptors (Lipinski definition) is 4. The van der Waals surface area contributed by atoms with Crippen LogP contribution in [0.5, 0.6) is 0 Å². The van der Waals surface area contributed by atoms with E-state index in [-0.39, 0.29) is 16.8 Å². The zero-order valence-corrected chi connectivity index (χ0v) is 16.7. The summed E-state index contributed by atoms with van der Waals surface area (Å²) in [5.74, 6) is 0.730. The fourth-order valence-corrected chi connectivity index (χ4v) is 5.11. The van der Waals surface area contributed by atoms with Crippen molar-refractivity contribution in [2.45, 2.75) is 29.7 Å². The highest BCUT2D eigenvalue weighted by molar-refractivity contribution is 7.99. The van der Waals surface area contributed by atoms with Crippen molar-refractivity contribution in [1.29, 1.82) is 0 Å². The highest BCUT2D eigenvalue weighted by Crippen LogP contribution is 2.35. The van der Waals surface area contributed by atoms with Gasteiger partial charge < -0.3 is 4.90 Å². The van der Waals surface area contributed by atoms with Gasteiger partial charge in [-0.25, -0.2) is 8.42 Å². The summed E-state index contributed by atoms with van der Waals surface area (Å²) in [6.07, 6.45) is 0. The van der Waals surface area contributed by atoms with Crippen LogP contribution in [0.3, 0.4) is 0 Å². The van der Waals surface area contributed by atoms with Gasteiger partial charge in [-0.05, 0) is 50.2 Å². The molecule has 7 heteroatoms.